The quantitative estimate of drug-likeness (QED) is 0.573. The van der Waals surface area contributed by atoms with Gasteiger partial charge in [0.1, 0.15) is 5.75 Å². The van der Waals surface area contributed by atoms with Gasteiger partial charge in [-0.15, -0.1) is 0 Å². The average Bonchev–Trinajstić information content (AvgIpc) is 2.47. The lowest BCUT2D eigenvalue weighted by molar-refractivity contribution is 0.263. The maximum atomic E-state index is 9.79. The van der Waals surface area contributed by atoms with Crippen LogP contribution >= 0.6 is 0 Å². The molecule has 0 saturated carbocycles. The molecule has 0 amide bonds. The Hall–Kier alpha value is -1.06. The highest BCUT2D eigenvalue weighted by atomic mass is 16.3. The maximum Gasteiger partial charge on any atom is 0.126 e. The zero-order chi connectivity index (χ0) is 14.8. The van der Waals surface area contributed by atoms with Gasteiger partial charge >= 0.3 is 0 Å². The maximum absolute atomic E-state index is 9.79. The molecule has 0 saturated heterocycles. The van der Waals surface area contributed by atoms with Gasteiger partial charge in [0.25, 0.3) is 0 Å². The molecule has 0 unspecified atom stereocenters. The minimum Gasteiger partial charge on any atom is -0.507 e. The Balaban J connectivity index is 2.40. The monoisotopic (exact) mass is 280 g/mol. The van der Waals surface area contributed by atoms with Crippen LogP contribution in [0.5, 0.6) is 5.75 Å². The van der Waals surface area contributed by atoms with Crippen LogP contribution in [0, 0.1) is 0 Å². The first-order valence-electron chi connectivity index (χ1n) is 7.78. The SMILES string of the molecule is CCCCCCCCCc1cc(CO)c(O)c(CO)c1. The van der Waals surface area contributed by atoms with E-state index in [1.807, 2.05) is 12.1 Å². The highest BCUT2D eigenvalue weighted by Crippen LogP contribution is 2.25. The highest BCUT2D eigenvalue weighted by Gasteiger charge is 2.08. The lowest BCUT2D eigenvalue weighted by atomic mass is 9.99. The van der Waals surface area contributed by atoms with Crippen LogP contribution in [0.15, 0.2) is 12.1 Å². The molecule has 3 N–H and O–H groups in total. The summed E-state index contributed by atoms with van der Waals surface area (Å²) < 4.78 is 0. The van der Waals surface area contributed by atoms with Crippen molar-refractivity contribution in [1.82, 2.24) is 0 Å². The number of aliphatic hydroxyl groups is 2. The molecule has 3 nitrogen and oxygen atoms in total. The molecule has 0 radical (unpaired) electrons. The van der Waals surface area contributed by atoms with E-state index in [1.54, 1.807) is 0 Å². The second-order valence-electron chi connectivity index (χ2n) is 5.45. The number of aliphatic hydroxyl groups excluding tert-OH is 2. The van der Waals surface area contributed by atoms with Gasteiger partial charge < -0.3 is 15.3 Å². The van der Waals surface area contributed by atoms with Gasteiger partial charge in [-0.05, 0) is 30.5 Å². The number of phenols is 1. The number of rotatable bonds is 10. The summed E-state index contributed by atoms with van der Waals surface area (Å²) >= 11 is 0. The summed E-state index contributed by atoms with van der Waals surface area (Å²) in [5, 5.41) is 28.2. The molecular formula is C17H28O3. The Morgan fingerprint density at radius 2 is 1.30 bits per heavy atom. The van der Waals surface area contributed by atoms with Gasteiger partial charge in [0, 0.05) is 11.1 Å². The van der Waals surface area contributed by atoms with E-state index in [2.05, 4.69) is 6.92 Å². The predicted molar refractivity (Wildman–Crippen MR) is 81.6 cm³/mol. The molecule has 0 fully saturated rings. The highest BCUT2D eigenvalue weighted by molar-refractivity contribution is 5.43. The van der Waals surface area contributed by atoms with Gasteiger partial charge in [0.05, 0.1) is 13.2 Å². The first kappa shape index (κ1) is 17.0. The molecule has 0 heterocycles. The largest absolute Gasteiger partial charge is 0.507 e. The predicted octanol–water partition coefficient (Wildman–Crippen LogP) is 3.67. The topological polar surface area (TPSA) is 60.7 Å². The fourth-order valence-corrected chi connectivity index (χ4v) is 2.50. The van der Waals surface area contributed by atoms with E-state index in [0.29, 0.717) is 11.1 Å². The zero-order valence-corrected chi connectivity index (χ0v) is 12.6. The Morgan fingerprint density at radius 3 is 1.80 bits per heavy atom. The minimum absolute atomic E-state index is 0.0262. The number of hydrogen-bond donors (Lipinski definition) is 3. The minimum atomic E-state index is -0.191. The van der Waals surface area contributed by atoms with Crippen molar-refractivity contribution < 1.29 is 15.3 Å². The molecule has 0 aromatic heterocycles. The fourth-order valence-electron chi connectivity index (χ4n) is 2.50. The van der Waals surface area contributed by atoms with E-state index in [-0.39, 0.29) is 19.0 Å². The average molecular weight is 280 g/mol. The molecule has 1 rings (SSSR count). The number of aryl methyl sites for hydroxylation is 1. The molecule has 114 valence electrons. The van der Waals surface area contributed by atoms with Crippen LogP contribution in [0.4, 0.5) is 0 Å². The van der Waals surface area contributed by atoms with Crippen LogP contribution < -0.4 is 0 Å². The summed E-state index contributed by atoms with van der Waals surface area (Å²) in [5.41, 5.74) is 2.11. The normalized spacial score (nSPS) is 10.9. The molecule has 1 aromatic carbocycles. The van der Waals surface area contributed by atoms with Crippen molar-refractivity contribution in [2.24, 2.45) is 0 Å². The molecular weight excluding hydrogens is 252 g/mol. The van der Waals surface area contributed by atoms with E-state index < -0.39 is 0 Å². The van der Waals surface area contributed by atoms with Gasteiger partial charge in [-0.25, -0.2) is 0 Å². The second-order valence-corrected chi connectivity index (χ2v) is 5.45. The number of unbranched alkanes of at least 4 members (excludes halogenated alkanes) is 6. The third-order valence-electron chi connectivity index (χ3n) is 3.74. The molecule has 1 aromatic rings. The van der Waals surface area contributed by atoms with Gasteiger partial charge in [0.15, 0.2) is 0 Å². The molecule has 20 heavy (non-hydrogen) atoms. The number of aromatic hydroxyl groups is 1. The molecule has 0 bridgehead atoms. The second kappa shape index (κ2) is 9.78. The Labute approximate surface area is 122 Å². The van der Waals surface area contributed by atoms with Crippen molar-refractivity contribution in [3.63, 3.8) is 0 Å². The third-order valence-corrected chi connectivity index (χ3v) is 3.74. The molecule has 0 atom stereocenters. The summed E-state index contributed by atoms with van der Waals surface area (Å²) in [6, 6.07) is 3.68. The van der Waals surface area contributed by atoms with Crippen LogP contribution in [-0.4, -0.2) is 15.3 Å². The Bertz CT molecular complexity index is 363. The zero-order valence-electron chi connectivity index (χ0n) is 12.6. The number of benzene rings is 1. The van der Waals surface area contributed by atoms with E-state index >= 15 is 0 Å². The van der Waals surface area contributed by atoms with Crippen LogP contribution in [0.1, 0.15) is 68.6 Å². The molecule has 3 heteroatoms. The van der Waals surface area contributed by atoms with Gasteiger partial charge in [-0.1, -0.05) is 45.4 Å². The van der Waals surface area contributed by atoms with E-state index in [4.69, 9.17) is 0 Å². The van der Waals surface area contributed by atoms with E-state index in [1.165, 1.54) is 38.5 Å². The van der Waals surface area contributed by atoms with E-state index in [9.17, 15) is 15.3 Å². The van der Waals surface area contributed by atoms with Gasteiger partial charge in [-0.2, -0.15) is 0 Å². The van der Waals surface area contributed by atoms with Crippen LogP contribution in [0.2, 0.25) is 0 Å². The summed E-state index contributed by atoms with van der Waals surface area (Å²) in [6.07, 6.45) is 9.80. The van der Waals surface area contributed by atoms with Crippen molar-refractivity contribution in [2.75, 3.05) is 0 Å². The van der Waals surface area contributed by atoms with Crippen molar-refractivity contribution in [3.8, 4) is 5.75 Å². The van der Waals surface area contributed by atoms with Crippen molar-refractivity contribution in [3.05, 3.63) is 28.8 Å². The summed E-state index contributed by atoms with van der Waals surface area (Å²) in [5.74, 6) is 0.0262. The van der Waals surface area contributed by atoms with Crippen LogP contribution in [0.3, 0.4) is 0 Å². The summed E-state index contributed by atoms with van der Waals surface area (Å²) in [4.78, 5) is 0. The Kier molecular flexibility index (Phi) is 8.31. The van der Waals surface area contributed by atoms with E-state index in [0.717, 1.165) is 18.4 Å². The van der Waals surface area contributed by atoms with Crippen LogP contribution in [0.25, 0.3) is 0 Å². The van der Waals surface area contributed by atoms with Crippen molar-refractivity contribution in [2.45, 2.75) is 71.5 Å². The molecule has 0 aliphatic heterocycles. The third kappa shape index (κ3) is 5.51. The standard InChI is InChI=1S/C17H28O3/c1-2-3-4-5-6-7-8-9-14-10-15(12-18)17(20)16(11-14)13-19/h10-11,18-20H,2-9,12-13H2,1H3. The lowest BCUT2D eigenvalue weighted by Crippen LogP contribution is -1.96. The van der Waals surface area contributed by atoms with Gasteiger partial charge in [-0.3, -0.25) is 0 Å². The van der Waals surface area contributed by atoms with Crippen LogP contribution in [-0.2, 0) is 19.6 Å². The number of hydrogen-bond acceptors (Lipinski definition) is 3. The van der Waals surface area contributed by atoms with Gasteiger partial charge in [0.2, 0.25) is 0 Å². The smallest absolute Gasteiger partial charge is 0.126 e. The lowest BCUT2D eigenvalue weighted by Gasteiger charge is -2.10. The summed E-state index contributed by atoms with van der Waals surface area (Å²) in [7, 11) is 0. The fraction of sp³-hybridized carbons (Fsp3) is 0.647. The van der Waals surface area contributed by atoms with Crippen molar-refractivity contribution >= 4 is 0 Å². The Morgan fingerprint density at radius 1 is 0.800 bits per heavy atom. The first-order chi connectivity index (χ1) is 9.72. The summed E-state index contributed by atoms with van der Waals surface area (Å²) in [6.45, 7) is 1.84. The molecule has 0 spiro atoms. The molecule has 0 aliphatic carbocycles. The first-order valence-corrected chi connectivity index (χ1v) is 7.78. The van der Waals surface area contributed by atoms with Crippen molar-refractivity contribution in [1.29, 1.82) is 0 Å². The molecule has 0 aliphatic rings.